The quantitative estimate of drug-likeness (QED) is 0.772. The summed E-state index contributed by atoms with van der Waals surface area (Å²) in [5.74, 6) is -0.628. The molecule has 0 aliphatic rings. The van der Waals surface area contributed by atoms with E-state index in [9.17, 15) is 9.90 Å². The van der Waals surface area contributed by atoms with Crippen molar-refractivity contribution in [2.75, 3.05) is 13.7 Å². The van der Waals surface area contributed by atoms with Crippen LogP contribution in [0.3, 0.4) is 0 Å². The molecule has 5 heteroatoms. The van der Waals surface area contributed by atoms with Gasteiger partial charge in [-0.1, -0.05) is 0 Å². The van der Waals surface area contributed by atoms with Crippen LogP contribution >= 0.6 is 11.3 Å². The van der Waals surface area contributed by atoms with E-state index < -0.39 is 12.1 Å². The van der Waals surface area contributed by atoms with Gasteiger partial charge in [0.05, 0.1) is 13.7 Å². The molecule has 0 saturated carbocycles. The molecule has 0 radical (unpaired) electrons. The Labute approximate surface area is 86.1 Å². The molecular formula is C9H12O4S. The Morgan fingerprint density at radius 2 is 2.36 bits per heavy atom. The van der Waals surface area contributed by atoms with Crippen LogP contribution < -0.4 is 4.74 Å². The van der Waals surface area contributed by atoms with Crippen molar-refractivity contribution >= 4 is 17.3 Å². The smallest absolute Gasteiger partial charge is 0.340 e. The molecule has 1 aromatic heterocycles. The fourth-order valence-corrected chi connectivity index (χ4v) is 1.72. The Morgan fingerprint density at radius 1 is 1.64 bits per heavy atom. The van der Waals surface area contributed by atoms with Gasteiger partial charge >= 0.3 is 5.97 Å². The molecule has 0 aliphatic heterocycles. The lowest BCUT2D eigenvalue weighted by Gasteiger charge is -2.06. The van der Waals surface area contributed by atoms with Crippen molar-refractivity contribution in [1.29, 1.82) is 0 Å². The van der Waals surface area contributed by atoms with Gasteiger partial charge in [0.15, 0.2) is 11.2 Å². The molecule has 1 atom stereocenters. The Kier molecular flexibility index (Phi) is 3.91. The van der Waals surface area contributed by atoms with Crippen LogP contribution in [0, 0.1) is 0 Å². The predicted molar refractivity (Wildman–Crippen MR) is 52.5 cm³/mol. The van der Waals surface area contributed by atoms with Gasteiger partial charge in [0.2, 0.25) is 0 Å². The normalized spacial score (nSPS) is 12.2. The largest absolute Gasteiger partial charge is 0.487 e. The number of carbonyl (C=O) groups excluding carboxylic acids is 1. The summed E-state index contributed by atoms with van der Waals surface area (Å²) in [7, 11) is 1.53. The second-order valence-electron chi connectivity index (χ2n) is 2.52. The highest BCUT2D eigenvalue weighted by atomic mass is 32.1. The van der Waals surface area contributed by atoms with E-state index in [0.29, 0.717) is 9.94 Å². The zero-order valence-corrected chi connectivity index (χ0v) is 8.84. The van der Waals surface area contributed by atoms with Crippen LogP contribution in [0.15, 0.2) is 12.1 Å². The molecule has 0 unspecified atom stereocenters. The van der Waals surface area contributed by atoms with E-state index in [1.165, 1.54) is 18.4 Å². The molecule has 14 heavy (non-hydrogen) atoms. The zero-order chi connectivity index (χ0) is 10.6. The summed E-state index contributed by atoms with van der Waals surface area (Å²) in [5.41, 5.74) is 0. The van der Waals surface area contributed by atoms with E-state index in [2.05, 4.69) is 4.74 Å². The van der Waals surface area contributed by atoms with Crippen LogP contribution in [0.1, 0.15) is 17.9 Å². The summed E-state index contributed by atoms with van der Waals surface area (Å²) in [6.45, 7) is 1.96. The van der Waals surface area contributed by atoms with Crippen molar-refractivity contribution in [2.24, 2.45) is 0 Å². The summed E-state index contributed by atoms with van der Waals surface area (Å²) in [4.78, 5) is 11.7. The van der Waals surface area contributed by atoms with Crippen molar-refractivity contribution in [3.63, 3.8) is 0 Å². The van der Waals surface area contributed by atoms with E-state index in [4.69, 9.17) is 4.74 Å². The fraction of sp³-hybridized carbons (Fsp3) is 0.444. The highest BCUT2D eigenvalue weighted by Gasteiger charge is 2.20. The van der Waals surface area contributed by atoms with Gasteiger partial charge < -0.3 is 14.6 Å². The third-order valence-electron chi connectivity index (χ3n) is 1.58. The Morgan fingerprint density at radius 3 is 2.86 bits per heavy atom. The molecule has 0 fully saturated rings. The SMILES string of the molecule is CCOC(=O)[C@@H](O)c1ccc(OC)s1. The molecule has 1 rings (SSSR count). The summed E-state index contributed by atoms with van der Waals surface area (Å²) >= 11 is 1.22. The highest BCUT2D eigenvalue weighted by Crippen LogP contribution is 2.29. The van der Waals surface area contributed by atoms with Crippen LogP contribution in [0.5, 0.6) is 5.06 Å². The number of hydrogen-bond acceptors (Lipinski definition) is 5. The molecule has 4 nitrogen and oxygen atoms in total. The molecule has 0 aromatic carbocycles. The van der Waals surface area contributed by atoms with Gasteiger partial charge in [0, 0.05) is 4.88 Å². The first-order valence-corrected chi connectivity index (χ1v) is 4.99. The van der Waals surface area contributed by atoms with E-state index >= 15 is 0 Å². The number of aliphatic hydroxyl groups excluding tert-OH is 1. The first kappa shape index (κ1) is 11.0. The third-order valence-corrected chi connectivity index (χ3v) is 2.68. The van der Waals surface area contributed by atoms with Crippen LogP contribution in [0.2, 0.25) is 0 Å². The first-order chi connectivity index (χ1) is 6.69. The number of carbonyl (C=O) groups is 1. The van der Waals surface area contributed by atoms with E-state index in [-0.39, 0.29) is 6.61 Å². The van der Waals surface area contributed by atoms with Gasteiger partial charge in [-0.2, -0.15) is 0 Å². The minimum Gasteiger partial charge on any atom is -0.487 e. The number of aliphatic hydroxyl groups is 1. The summed E-state index contributed by atoms with van der Waals surface area (Å²) in [6, 6.07) is 3.34. The maximum absolute atomic E-state index is 11.1. The lowest BCUT2D eigenvalue weighted by molar-refractivity contribution is -0.153. The fourth-order valence-electron chi connectivity index (χ4n) is 0.928. The molecule has 1 N–H and O–H groups in total. The van der Waals surface area contributed by atoms with Crippen LogP contribution in [0.4, 0.5) is 0 Å². The van der Waals surface area contributed by atoms with Crippen molar-refractivity contribution in [3.05, 3.63) is 17.0 Å². The lowest BCUT2D eigenvalue weighted by atomic mass is 10.3. The third kappa shape index (κ3) is 2.46. The van der Waals surface area contributed by atoms with E-state index in [0.717, 1.165) is 0 Å². The lowest BCUT2D eigenvalue weighted by Crippen LogP contribution is -2.14. The minimum absolute atomic E-state index is 0.262. The van der Waals surface area contributed by atoms with Crippen molar-refractivity contribution < 1.29 is 19.4 Å². The van der Waals surface area contributed by atoms with Gasteiger partial charge in [0.1, 0.15) is 0 Å². The molecule has 0 saturated heterocycles. The maximum atomic E-state index is 11.1. The van der Waals surface area contributed by atoms with Gasteiger partial charge in [-0.25, -0.2) is 4.79 Å². The number of thiophene rings is 1. The Balaban J connectivity index is 2.68. The molecule has 1 heterocycles. The summed E-state index contributed by atoms with van der Waals surface area (Å²) in [6.07, 6.45) is -1.20. The summed E-state index contributed by atoms with van der Waals surface area (Å²) in [5, 5.41) is 10.2. The number of ether oxygens (including phenoxy) is 2. The molecule has 0 amide bonds. The second kappa shape index (κ2) is 4.97. The van der Waals surface area contributed by atoms with Gasteiger partial charge in [-0.15, -0.1) is 11.3 Å². The van der Waals surface area contributed by atoms with E-state index in [1.54, 1.807) is 19.1 Å². The highest BCUT2D eigenvalue weighted by molar-refractivity contribution is 7.14. The number of methoxy groups -OCH3 is 1. The summed E-state index contributed by atoms with van der Waals surface area (Å²) < 4.78 is 9.62. The van der Waals surface area contributed by atoms with Gasteiger partial charge in [0.25, 0.3) is 0 Å². The number of hydrogen-bond donors (Lipinski definition) is 1. The monoisotopic (exact) mass is 216 g/mol. The van der Waals surface area contributed by atoms with Crippen LogP contribution in [0.25, 0.3) is 0 Å². The van der Waals surface area contributed by atoms with Crippen molar-refractivity contribution in [3.8, 4) is 5.06 Å². The molecule has 1 aromatic rings. The van der Waals surface area contributed by atoms with Crippen molar-refractivity contribution in [2.45, 2.75) is 13.0 Å². The second-order valence-corrected chi connectivity index (χ2v) is 3.59. The first-order valence-electron chi connectivity index (χ1n) is 4.17. The van der Waals surface area contributed by atoms with E-state index in [1.807, 2.05) is 0 Å². The predicted octanol–water partition coefficient (Wildman–Crippen LogP) is 1.35. The average Bonchev–Trinajstić information content (AvgIpc) is 2.65. The van der Waals surface area contributed by atoms with Crippen molar-refractivity contribution in [1.82, 2.24) is 0 Å². The van der Waals surface area contributed by atoms with Crippen LogP contribution in [-0.4, -0.2) is 24.8 Å². The standard InChI is InChI=1S/C9H12O4S/c1-3-13-9(11)8(10)6-4-5-7(12-2)14-6/h4-5,8,10H,3H2,1-2H3/t8-/m0/s1. The average molecular weight is 216 g/mol. The number of rotatable bonds is 4. The topological polar surface area (TPSA) is 55.8 Å². The number of esters is 1. The molecular weight excluding hydrogens is 204 g/mol. The van der Waals surface area contributed by atoms with Crippen LogP contribution in [-0.2, 0) is 9.53 Å². The molecule has 78 valence electrons. The Bertz CT molecular complexity index is 308. The Hall–Kier alpha value is -1.07. The molecule has 0 aliphatic carbocycles. The van der Waals surface area contributed by atoms with Gasteiger partial charge in [-0.05, 0) is 19.1 Å². The molecule has 0 bridgehead atoms. The molecule has 0 spiro atoms. The maximum Gasteiger partial charge on any atom is 0.340 e. The minimum atomic E-state index is -1.20. The zero-order valence-electron chi connectivity index (χ0n) is 8.02. The van der Waals surface area contributed by atoms with Gasteiger partial charge in [-0.3, -0.25) is 0 Å².